The van der Waals surface area contributed by atoms with Crippen molar-refractivity contribution >= 4 is 29.3 Å². The molecule has 7 nitrogen and oxygen atoms in total. The summed E-state index contributed by atoms with van der Waals surface area (Å²) in [5, 5.41) is 10.3. The molecule has 0 saturated heterocycles. The molecule has 1 aromatic carbocycles. The number of carbonyl (C=O) groups excluding carboxylic acids is 2. The van der Waals surface area contributed by atoms with Crippen LogP contribution in [0.4, 0.5) is 0 Å². The van der Waals surface area contributed by atoms with Crippen LogP contribution in [0.2, 0.25) is 5.02 Å². The highest BCUT2D eigenvalue weighted by Crippen LogP contribution is 2.76. The summed E-state index contributed by atoms with van der Waals surface area (Å²) in [7, 11) is 0. The molecule has 1 heterocycles. The van der Waals surface area contributed by atoms with Gasteiger partial charge in [0, 0.05) is 22.4 Å². The Kier molecular flexibility index (Phi) is 8.84. The zero-order valence-corrected chi connectivity index (χ0v) is 33.4. The number of Topliss-reactive ketones (excluding diaryl/α,β-unsaturated/α-hetero) is 1. The molecular weight excluding hydrogens is 674 g/mol. The van der Waals surface area contributed by atoms with Crippen LogP contribution in [0.15, 0.2) is 46.0 Å². The first kappa shape index (κ1) is 37.4. The van der Waals surface area contributed by atoms with Crippen molar-refractivity contribution in [3.63, 3.8) is 0 Å². The van der Waals surface area contributed by atoms with Crippen molar-refractivity contribution in [3.05, 3.63) is 52.5 Å². The Labute approximate surface area is 314 Å². The maximum absolute atomic E-state index is 14.1. The number of nitrogens with zero attached hydrogens (tertiary/aromatic N) is 1. The fourth-order valence-electron chi connectivity index (χ4n) is 12.9. The van der Waals surface area contributed by atoms with Crippen molar-refractivity contribution in [3.8, 4) is 11.3 Å². The van der Waals surface area contributed by atoms with Gasteiger partial charge in [0.05, 0.1) is 23.4 Å². The van der Waals surface area contributed by atoms with Crippen molar-refractivity contribution in [1.82, 2.24) is 4.98 Å². The van der Waals surface area contributed by atoms with Crippen LogP contribution in [-0.2, 0) is 24.5 Å². The summed E-state index contributed by atoms with van der Waals surface area (Å²) in [5.74, 6) is 1.49. The van der Waals surface area contributed by atoms with Gasteiger partial charge in [-0.2, -0.15) is 0 Å². The Morgan fingerprint density at radius 1 is 0.962 bits per heavy atom. The van der Waals surface area contributed by atoms with Crippen LogP contribution in [0.3, 0.4) is 0 Å². The predicted octanol–water partition coefficient (Wildman–Crippen LogP) is 10.6. The van der Waals surface area contributed by atoms with E-state index in [-0.39, 0.29) is 51.8 Å². The minimum atomic E-state index is -1.16. The number of carboxylic acids is 1. The van der Waals surface area contributed by atoms with Crippen LogP contribution in [0.1, 0.15) is 132 Å². The van der Waals surface area contributed by atoms with E-state index < -0.39 is 22.8 Å². The molecule has 282 valence electrons. The fourth-order valence-corrected chi connectivity index (χ4v) is 13.1. The highest BCUT2D eigenvalue weighted by atomic mass is 35.5. The van der Waals surface area contributed by atoms with Crippen LogP contribution in [-0.4, -0.2) is 33.9 Å². The number of ether oxygens (including phenoxy) is 1. The van der Waals surface area contributed by atoms with Gasteiger partial charge in [-0.1, -0.05) is 60.1 Å². The number of hydrogen-bond donors (Lipinski definition) is 1. The van der Waals surface area contributed by atoms with Crippen LogP contribution < -0.4 is 0 Å². The van der Waals surface area contributed by atoms with E-state index >= 15 is 0 Å². The maximum atomic E-state index is 14.1. The van der Waals surface area contributed by atoms with Gasteiger partial charge < -0.3 is 14.3 Å². The van der Waals surface area contributed by atoms with Gasteiger partial charge in [-0.3, -0.25) is 14.4 Å². The Morgan fingerprint density at radius 2 is 1.65 bits per heavy atom. The minimum Gasteiger partial charge on any atom is -0.481 e. The molecule has 5 aliphatic rings. The van der Waals surface area contributed by atoms with E-state index in [2.05, 4.69) is 48.5 Å². The Morgan fingerprint density at radius 3 is 2.31 bits per heavy atom. The molecule has 0 unspecified atom stereocenters. The third-order valence-corrected chi connectivity index (χ3v) is 16.1. The second-order valence-electron chi connectivity index (χ2n) is 19.5. The number of esters is 1. The van der Waals surface area contributed by atoms with Crippen molar-refractivity contribution in [2.45, 2.75) is 138 Å². The Bertz CT molecular complexity index is 1820. The molecule has 52 heavy (non-hydrogen) atoms. The molecular formula is C44H58ClNO6. The van der Waals surface area contributed by atoms with Gasteiger partial charge in [-0.25, -0.2) is 4.98 Å². The highest BCUT2D eigenvalue weighted by molar-refractivity contribution is 6.30. The number of rotatable bonds is 7. The van der Waals surface area contributed by atoms with Gasteiger partial charge in [0.1, 0.15) is 6.10 Å². The summed E-state index contributed by atoms with van der Waals surface area (Å²) in [6.45, 7) is 19.7. The molecule has 0 radical (unpaired) electrons. The minimum absolute atomic E-state index is 0.00500. The fraction of sp³-hybridized carbons (Fsp3) is 0.682. The van der Waals surface area contributed by atoms with E-state index in [4.69, 9.17) is 25.7 Å². The van der Waals surface area contributed by atoms with Gasteiger partial charge in [0.15, 0.2) is 11.5 Å². The van der Waals surface area contributed by atoms with E-state index in [9.17, 15) is 19.5 Å². The predicted molar refractivity (Wildman–Crippen MR) is 202 cm³/mol. The Balaban J connectivity index is 1.20. The van der Waals surface area contributed by atoms with Crippen molar-refractivity contribution in [1.29, 1.82) is 0 Å². The molecule has 8 heteroatoms. The van der Waals surface area contributed by atoms with Gasteiger partial charge in [0.2, 0.25) is 5.89 Å². The first-order chi connectivity index (χ1) is 24.2. The zero-order chi connectivity index (χ0) is 37.8. The third-order valence-electron chi connectivity index (χ3n) is 15.9. The second-order valence-corrected chi connectivity index (χ2v) is 20.0. The Hall–Kier alpha value is -2.93. The maximum Gasteiger partial charge on any atom is 0.309 e. The number of oxazole rings is 1. The molecule has 1 N–H and O–H groups in total. The molecule has 7 rings (SSSR count). The molecule has 0 bridgehead atoms. The lowest BCUT2D eigenvalue weighted by atomic mass is 9.33. The number of carbonyl (C=O) groups is 3. The lowest BCUT2D eigenvalue weighted by Crippen LogP contribution is -2.66. The van der Waals surface area contributed by atoms with Gasteiger partial charge in [-0.05, 0) is 141 Å². The summed E-state index contributed by atoms with van der Waals surface area (Å²) >= 11 is 6.19. The van der Waals surface area contributed by atoms with Crippen molar-refractivity contribution in [2.24, 2.45) is 50.7 Å². The number of allylic oxidation sites excluding steroid dienone is 2. The number of benzene rings is 1. The molecule has 4 fully saturated rings. The molecule has 0 amide bonds. The summed E-state index contributed by atoms with van der Waals surface area (Å²) in [6.07, 6.45) is 9.77. The molecule has 4 saturated carbocycles. The van der Waals surface area contributed by atoms with Crippen LogP contribution in [0.5, 0.6) is 0 Å². The van der Waals surface area contributed by atoms with Crippen LogP contribution >= 0.6 is 11.6 Å². The van der Waals surface area contributed by atoms with Gasteiger partial charge >= 0.3 is 11.9 Å². The molecule has 2 aromatic rings. The number of aliphatic carboxylic acids is 1. The number of aromatic nitrogens is 1. The SMILES string of the molecule is CC(C)C1=C2[C@H]3CC[C@@H]4[C@@]5(C)CC[C@H](OC(=O)CC(C)(C)C(=O)O)C(C)(C)[C@@H]5CC[C@@]4(C)[C@]3(C)CC[C@@]2(c2ncc(-c3ccc(Cl)cc3)o2)CC1=O. The second kappa shape index (κ2) is 12.3. The number of carboxylic acid groups (broad SMARTS) is 1. The van der Waals surface area contributed by atoms with Crippen LogP contribution in [0.25, 0.3) is 11.3 Å². The van der Waals surface area contributed by atoms with E-state index in [0.717, 1.165) is 62.5 Å². The standard InChI is InChI=1S/C44H58ClNO6/c1-25(2)35-29(47)22-44(37-46-24-30(51-37)26-10-12-27(45)13-11-26)21-20-42(8)28(36(35)44)14-15-32-41(7)18-17-33(52-34(48)23-39(3,4)38(49)50)40(5,6)31(41)16-19-43(32,42)9/h10-13,24-25,28,31-33H,14-23H2,1-9H3,(H,49,50)/t28-,31+,32-,33+,41+,42-,43-,44-/m1/s1. The van der Waals surface area contributed by atoms with E-state index in [1.807, 2.05) is 30.5 Å². The molecule has 5 aliphatic carbocycles. The van der Waals surface area contributed by atoms with Crippen molar-refractivity contribution in [2.75, 3.05) is 0 Å². The van der Waals surface area contributed by atoms with Crippen molar-refractivity contribution < 1.29 is 28.6 Å². The number of fused-ring (bicyclic) bond motifs is 7. The average molecular weight is 732 g/mol. The summed E-state index contributed by atoms with van der Waals surface area (Å²) in [6, 6.07) is 7.64. The molecule has 0 spiro atoms. The lowest BCUT2D eigenvalue weighted by molar-refractivity contribution is -0.232. The van der Waals surface area contributed by atoms with Gasteiger partial charge in [0.25, 0.3) is 0 Å². The smallest absolute Gasteiger partial charge is 0.309 e. The lowest BCUT2D eigenvalue weighted by Gasteiger charge is -2.72. The van der Waals surface area contributed by atoms with Crippen LogP contribution in [0, 0.1) is 50.7 Å². The molecule has 8 atom stereocenters. The highest BCUT2D eigenvalue weighted by Gasteiger charge is 2.71. The average Bonchev–Trinajstić information content (AvgIpc) is 3.66. The molecule has 0 aliphatic heterocycles. The number of ketones is 1. The summed E-state index contributed by atoms with van der Waals surface area (Å²) in [4.78, 5) is 43.9. The zero-order valence-electron chi connectivity index (χ0n) is 32.7. The first-order valence-electron chi connectivity index (χ1n) is 19.6. The van der Waals surface area contributed by atoms with E-state index in [1.54, 1.807) is 13.8 Å². The van der Waals surface area contributed by atoms with E-state index in [1.165, 1.54) is 5.57 Å². The topological polar surface area (TPSA) is 107 Å². The molecule has 1 aromatic heterocycles. The number of halogens is 1. The number of hydrogen-bond acceptors (Lipinski definition) is 6. The first-order valence-corrected chi connectivity index (χ1v) is 20.0. The summed E-state index contributed by atoms with van der Waals surface area (Å²) in [5.41, 5.74) is 1.45. The van der Waals surface area contributed by atoms with Gasteiger partial charge in [-0.15, -0.1) is 0 Å². The normalized spacial score (nSPS) is 36.9. The largest absolute Gasteiger partial charge is 0.481 e. The quantitative estimate of drug-likeness (QED) is 0.282. The summed E-state index contributed by atoms with van der Waals surface area (Å²) < 4.78 is 12.8. The van der Waals surface area contributed by atoms with E-state index in [0.29, 0.717) is 34.9 Å². The monoisotopic (exact) mass is 731 g/mol. The third kappa shape index (κ3) is 5.32.